The third-order valence-electron chi connectivity index (χ3n) is 3.45. The average molecular weight is 343 g/mol. The van der Waals surface area contributed by atoms with Crippen LogP contribution in [0, 0.1) is 10.1 Å². The zero-order chi connectivity index (χ0) is 17.8. The van der Waals surface area contributed by atoms with E-state index >= 15 is 0 Å². The van der Waals surface area contributed by atoms with Gasteiger partial charge < -0.3 is 14.2 Å². The quantitative estimate of drug-likeness (QED) is 0.259. The van der Waals surface area contributed by atoms with Gasteiger partial charge in [0.15, 0.2) is 12.2 Å². The average Bonchev–Trinajstić information content (AvgIpc) is 3.42. The summed E-state index contributed by atoms with van der Waals surface area (Å²) in [5.41, 5.74) is 0.700. The van der Waals surface area contributed by atoms with E-state index in [4.69, 9.17) is 14.2 Å². The second-order valence-corrected chi connectivity index (χ2v) is 5.24. The lowest BCUT2D eigenvalue weighted by Crippen LogP contribution is -2.22. The smallest absolute Gasteiger partial charge is 0.344 e. The summed E-state index contributed by atoms with van der Waals surface area (Å²) in [5.74, 6) is -1.27. The van der Waals surface area contributed by atoms with Crippen molar-refractivity contribution in [3.05, 3.63) is 70.3 Å². The summed E-state index contributed by atoms with van der Waals surface area (Å²) in [6.07, 6.45) is -2.02. The SMILES string of the molecule is O=C(OCc1ccccc1)C1OC1C(=O)Oc1ccc([N+](=O)[O-])cc1. The molecule has 0 saturated carbocycles. The lowest BCUT2D eigenvalue weighted by atomic mass is 10.2. The first-order valence-electron chi connectivity index (χ1n) is 7.37. The van der Waals surface area contributed by atoms with E-state index in [2.05, 4.69) is 0 Å². The summed E-state index contributed by atoms with van der Waals surface area (Å²) < 4.78 is 15.1. The summed E-state index contributed by atoms with van der Waals surface area (Å²) in [7, 11) is 0. The number of nitrogens with zero attached hydrogens (tertiary/aromatic N) is 1. The van der Waals surface area contributed by atoms with Crippen molar-refractivity contribution >= 4 is 17.6 Å². The molecule has 8 heteroatoms. The lowest BCUT2D eigenvalue weighted by molar-refractivity contribution is -0.384. The number of hydrogen-bond donors (Lipinski definition) is 0. The number of carbonyl (C=O) groups is 2. The Morgan fingerprint density at radius 2 is 1.64 bits per heavy atom. The molecule has 1 fully saturated rings. The Labute approximate surface area is 142 Å². The summed E-state index contributed by atoms with van der Waals surface area (Å²) in [6, 6.07) is 14.1. The van der Waals surface area contributed by atoms with Crippen molar-refractivity contribution in [2.24, 2.45) is 0 Å². The molecule has 0 amide bonds. The summed E-state index contributed by atoms with van der Waals surface area (Å²) in [4.78, 5) is 33.7. The topological polar surface area (TPSA) is 108 Å². The number of nitro benzene ring substituents is 1. The summed E-state index contributed by atoms with van der Waals surface area (Å²) in [5, 5.41) is 10.6. The molecule has 2 atom stereocenters. The van der Waals surface area contributed by atoms with E-state index in [1.807, 2.05) is 18.2 Å². The van der Waals surface area contributed by atoms with E-state index < -0.39 is 29.1 Å². The maximum atomic E-state index is 11.9. The molecule has 0 bridgehead atoms. The third kappa shape index (κ3) is 4.18. The Bertz CT molecular complexity index is 788. The van der Waals surface area contributed by atoms with Crippen molar-refractivity contribution in [2.45, 2.75) is 18.8 Å². The Morgan fingerprint density at radius 3 is 2.28 bits per heavy atom. The van der Waals surface area contributed by atoms with Gasteiger partial charge in [0.2, 0.25) is 0 Å². The largest absolute Gasteiger partial charge is 0.459 e. The molecule has 1 heterocycles. The maximum absolute atomic E-state index is 11.9. The Hall–Kier alpha value is -3.26. The third-order valence-corrected chi connectivity index (χ3v) is 3.45. The molecule has 0 spiro atoms. The van der Waals surface area contributed by atoms with Gasteiger partial charge in [-0.25, -0.2) is 9.59 Å². The molecule has 1 aliphatic rings. The van der Waals surface area contributed by atoms with Gasteiger partial charge in [0.25, 0.3) is 5.69 Å². The highest BCUT2D eigenvalue weighted by atomic mass is 16.7. The van der Waals surface area contributed by atoms with Gasteiger partial charge in [-0.05, 0) is 17.7 Å². The first-order chi connectivity index (χ1) is 12.0. The first-order valence-corrected chi connectivity index (χ1v) is 7.37. The molecular formula is C17H13NO7. The van der Waals surface area contributed by atoms with Gasteiger partial charge in [-0.1, -0.05) is 30.3 Å². The van der Waals surface area contributed by atoms with Gasteiger partial charge in [-0.2, -0.15) is 0 Å². The predicted octanol–water partition coefficient (Wildman–Crippen LogP) is 2.01. The van der Waals surface area contributed by atoms with Gasteiger partial charge in [0.05, 0.1) is 4.92 Å². The Morgan fingerprint density at radius 1 is 1.00 bits per heavy atom. The maximum Gasteiger partial charge on any atom is 0.344 e. The molecule has 0 radical (unpaired) electrons. The van der Waals surface area contributed by atoms with E-state index in [0.717, 1.165) is 5.56 Å². The molecule has 25 heavy (non-hydrogen) atoms. The number of esters is 2. The van der Waals surface area contributed by atoms with Crippen LogP contribution in [0.4, 0.5) is 5.69 Å². The molecule has 1 saturated heterocycles. The van der Waals surface area contributed by atoms with Crippen LogP contribution in [0.2, 0.25) is 0 Å². The fourth-order valence-electron chi connectivity index (χ4n) is 2.09. The molecule has 0 aromatic heterocycles. The molecule has 2 aromatic rings. The van der Waals surface area contributed by atoms with E-state index in [-0.39, 0.29) is 18.0 Å². The number of ether oxygens (including phenoxy) is 3. The Kier molecular flexibility index (Phi) is 4.71. The number of hydrogen-bond acceptors (Lipinski definition) is 7. The molecule has 3 rings (SSSR count). The zero-order valence-corrected chi connectivity index (χ0v) is 12.9. The number of rotatable bonds is 6. The highest BCUT2D eigenvalue weighted by Crippen LogP contribution is 2.27. The number of nitro groups is 1. The monoisotopic (exact) mass is 343 g/mol. The fraction of sp³-hybridized carbons (Fsp3) is 0.176. The van der Waals surface area contributed by atoms with Crippen LogP contribution in [0.5, 0.6) is 5.75 Å². The van der Waals surface area contributed by atoms with Gasteiger partial charge >= 0.3 is 11.9 Å². The Balaban J connectivity index is 1.48. The van der Waals surface area contributed by atoms with Crippen molar-refractivity contribution < 1.29 is 28.7 Å². The molecule has 2 aromatic carbocycles. The van der Waals surface area contributed by atoms with Gasteiger partial charge in [0.1, 0.15) is 12.4 Å². The van der Waals surface area contributed by atoms with Crippen LogP contribution in [-0.2, 0) is 25.7 Å². The van der Waals surface area contributed by atoms with Crippen LogP contribution in [0.3, 0.4) is 0 Å². The van der Waals surface area contributed by atoms with Crippen LogP contribution >= 0.6 is 0 Å². The number of benzene rings is 2. The fourth-order valence-corrected chi connectivity index (χ4v) is 2.09. The zero-order valence-electron chi connectivity index (χ0n) is 12.9. The van der Waals surface area contributed by atoms with Crippen molar-refractivity contribution in [2.75, 3.05) is 0 Å². The molecule has 2 unspecified atom stereocenters. The summed E-state index contributed by atoms with van der Waals surface area (Å²) >= 11 is 0. The second-order valence-electron chi connectivity index (χ2n) is 5.24. The minimum Gasteiger partial charge on any atom is -0.459 e. The van der Waals surface area contributed by atoms with Gasteiger partial charge in [-0.3, -0.25) is 10.1 Å². The second kappa shape index (κ2) is 7.10. The van der Waals surface area contributed by atoms with Crippen LogP contribution in [0.25, 0.3) is 0 Å². The van der Waals surface area contributed by atoms with E-state index in [9.17, 15) is 19.7 Å². The van der Waals surface area contributed by atoms with Crippen molar-refractivity contribution in [3.63, 3.8) is 0 Å². The highest BCUT2D eigenvalue weighted by molar-refractivity contribution is 5.90. The number of non-ortho nitro benzene ring substituents is 1. The molecule has 0 aliphatic carbocycles. The van der Waals surface area contributed by atoms with E-state index in [0.29, 0.717) is 0 Å². The molecule has 128 valence electrons. The first kappa shape index (κ1) is 16.6. The van der Waals surface area contributed by atoms with E-state index in [1.54, 1.807) is 12.1 Å². The lowest BCUT2D eigenvalue weighted by Gasteiger charge is -2.03. The van der Waals surface area contributed by atoms with Crippen molar-refractivity contribution in [3.8, 4) is 5.75 Å². The molecule has 8 nitrogen and oxygen atoms in total. The van der Waals surface area contributed by atoms with Gasteiger partial charge in [0, 0.05) is 12.1 Å². The van der Waals surface area contributed by atoms with Crippen LogP contribution in [0.15, 0.2) is 54.6 Å². The van der Waals surface area contributed by atoms with E-state index in [1.165, 1.54) is 24.3 Å². The van der Waals surface area contributed by atoms with Crippen LogP contribution < -0.4 is 4.74 Å². The number of epoxide rings is 1. The standard InChI is InChI=1S/C17H13NO7/c19-16(23-10-11-4-2-1-3-5-11)14-15(25-14)17(20)24-13-8-6-12(7-9-13)18(21)22/h1-9,14-15H,10H2. The highest BCUT2D eigenvalue weighted by Gasteiger charge is 2.53. The minimum atomic E-state index is -1.03. The molecule has 0 N–H and O–H groups in total. The minimum absolute atomic E-state index is 0.0870. The van der Waals surface area contributed by atoms with Gasteiger partial charge in [-0.15, -0.1) is 0 Å². The normalized spacial score (nSPS) is 18.2. The summed E-state index contributed by atoms with van der Waals surface area (Å²) in [6.45, 7) is 0.0870. The van der Waals surface area contributed by atoms with Crippen LogP contribution in [-0.4, -0.2) is 29.1 Å². The predicted molar refractivity (Wildman–Crippen MR) is 83.6 cm³/mol. The number of carbonyl (C=O) groups excluding carboxylic acids is 2. The van der Waals surface area contributed by atoms with Crippen molar-refractivity contribution in [1.82, 2.24) is 0 Å². The van der Waals surface area contributed by atoms with Crippen molar-refractivity contribution in [1.29, 1.82) is 0 Å². The van der Waals surface area contributed by atoms with Crippen LogP contribution in [0.1, 0.15) is 5.56 Å². The molecular weight excluding hydrogens is 330 g/mol. The molecule has 1 aliphatic heterocycles.